The van der Waals surface area contributed by atoms with Crippen LogP contribution in [0.1, 0.15) is 25.7 Å². The minimum Gasteiger partial charge on any atom is -0.299 e. The first kappa shape index (κ1) is 18.8. The number of hydrogen-bond donors (Lipinski definition) is 0. The van der Waals surface area contributed by atoms with E-state index in [1.54, 1.807) is 0 Å². The number of ketones is 2. The molecule has 0 heterocycles. The lowest BCUT2D eigenvalue weighted by Gasteiger charge is -2.34. The Morgan fingerprint density at radius 2 is 1.36 bits per heavy atom. The van der Waals surface area contributed by atoms with Gasteiger partial charge in [0.2, 0.25) is 5.78 Å². The molecule has 0 saturated heterocycles. The average molecular weight is 344 g/mol. The minimum absolute atomic E-state index is 0.0134. The lowest BCUT2D eigenvalue weighted by atomic mass is 9.81. The van der Waals surface area contributed by atoms with E-state index in [1.807, 2.05) is 0 Å². The van der Waals surface area contributed by atoms with Gasteiger partial charge in [0.15, 0.2) is 0 Å². The Kier molecular flexibility index (Phi) is 4.61. The summed E-state index contributed by atoms with van der Waals surface area (Å²) in [4.78, 5) is 22.5. The molecule has 0 spiro atoms. The molecule has 0 aliphatic heterocycles. The van der Waals surface area contributed by atoms with Crippen LogP contribution in [0.3, 0.4) is 0 Å². The first-order valence-electron chi connectivity index (χ1n) is 5.95. The third-order valence-corrected chi connectivity index (χ3v) is 3.33. The van der Waals surface area contributed by atoms with E-state index in [0.717, 1.165) is 0 Å². The number of Topliss-reactive ketones (excluding diaryl/α,β-unsaturated/α-hetero) is 2. The van der Waals surface area contributed by atoms with Crippen LogP contribution in [0.4, 0.5) is 39.5 Å². The van der Waals surface area contributed by atoms with Crippen molar-refractivity contribution in [3.05, 3.63) is 0 Å². The number of alkyl halides is 9. The lowest BCUT2D eigenvalue weighted by Crippen LogP contribution is -2.64. The smallest absolute Gasteiger partial charge is 0.299 e. The van der Waals surface area contributed by atoms with E-state index in [9.17, 15) is 49.1 Å². The van der Waals surface area contributed by atoms with Gasteiger partial charge in [-0.2, -0.15) is 39.5 Å². The summed E-state index contributed by atoms with van der Waals surface area (Å²) in [7, 11) is 0. The molecule has 1 unspecified atom stereocenters. The molecule has 0 aromatic heterocycles. The third kappa shape index (κ3) is 2.69. The first-order valence-corrected chi connectivity index (χ1v) is 5.95. The molecule has 0 aromatic carbocycles. The van der Waals surface area contributed by atoms with Gasteiger partial charge in [0.25, 0.3) is 0 Å². The molecule has 0 bridgehead atoms. The van der Waals surface area contributed by atoms with Gasteiger partial charge in [0.05, 0.1) is 5.92 Å². The number of halogens is 9. The minimum atomic E-state index is -7.13. The normalized spacial score (nSPS) is 21.9. The highest BCUT2D eigenvalue weighted by molar-refractivity contribution is 6.06. The van der Waals surface area contributed by atoms with Gasteiger partial charge in [0, 0.05) is 6.42 Å². The molecule has 1 saturated carbocycles. The van der Waals surface area contributed by atoms with Crippen LogP contribution >= 0.6 is 0 Å². The summed E-state index contributed by atoms with van der Waals surface area (Å²) in [5.41, 5.74) is 0. The maximum Gasteiger partial charge on any atom is 0.460 e. The van der Waals surface area contributed by atoms with Crippen molar-refractivity contribution in [2.45, 2.75) is 49.6 Å². The average Bonchev–Trinajstić information content (AvgIpc) is 2.36. The highest BCUT2D eigenvalue weighted by Crippen LogP contribution is 2.54. The largest absolute Gasteiger partial charge is 0.460 e. The molecule has 0 amide bonds. The lowest BCUT2D eigenvalue weighted by molar-refractivity contribution is -0.388. The van der Waals surface area contributed by atoms with Crippen molar-refractivity contribution < 1.29 is 49.1 Å². The van der Waals surface area contributed by atoms with Crippen LogP contribution in [0.2, 0.25) is 0 Å². The summed E-state index contributed by atoms with van der Waals surface area (Å²) in [6.07, 6.45) is -7.80. The van der Waals surface area contributed by atoms with Crippen LogP contribution in [0.5, 0.6) is 0 Å². The van der Waals surface area contributed by atoms with E-state index in [4.69, 9.17) is 0 Å². The first-order chi connectivity index (χ1) is 9.68. The summed E-state index contributed by atoms with van der Waals surface area (Å²) in [6, 6.07) is 0. The summed E-state index contributed by atoms with van der Waals surface area (Å²) >= 11 is 0. The van der Waals surface area contributed by atoms with E-state index in [0.29, 0.717) is 0 Å². The fourth-order valence-corrected chi connectivity index (χ4v) is 2.01. The Bertz CT molecular complexity index is 467. The Labute approximate surface area is 117 Å². The standard InChI is InChI=1S/C11H9F9O2/c12-8(13,7(22)5-3-1-2-4-6(5)21)9(14,15)10(16,17)11(18,19)20/h5H,1-4H2. The van der Waals surface area contributed by atoms with Crippen molar-refractivity contribution in [3.63, 3.8) is 0 Å². The summed E-state index contributed by atoms with van der Waals surface area (Å²) < 4.78 is 114. The Morgan fingerprint density at radius 3 is 1.77 bits per heavy atom. The van der Waals surface area contributed by atoms with Gasteiger partial charge in [-0.3, -0.25) is 9.59 Å². The molecule has 0 aromatic rings. The fourth-order valence-electron chi connectivity index (χ4n) is 2.01. The predicted molar refractivity (Wildman–Crippen MR) is 52.9 cm³/mol. The number of carbonyl (C=O) groups excluding carboxylic acids is 2. The zero-order chi connectivity index (χ0) is 17.6. The zero-order valence-corrected chi connectivity index (χ0v) is 10.6. The topological polar surface area (TPSA) is 34.1 Å². The van der Waals surface area contributed by atoms with Crippen LogP contribution in [-0.2, 0) is 9.59 Å². The molecular formula is C11H9F9O2. The van der Waals surface area contributed by atoms with Crippen LogP contribution in [0, 0.1) is 5.92 Å². The molecule has 1 aliphatic rings. The molecule has 1 atom stereocenters. The molecule has 1 aliphatic carbocycles. The van der Waals surface area contributed by atoms with Crippen LogP contribution in [-0.4, -0.2) is 35.5 Å². The molecule has 1 rings (SSSR count). The Balaban J connectivity index is 3.20. The molecule has 1 fully saturated rings. The predicted octanol–water partition coefficient (Wildman–Crippen LogP) is 3.78. The third-order valence-electron chi connectivity index (χ3n) is 3.33. The molecule has 128 valence electrons. The van der Waals surface area contributed by atoms with Crippen molar-refractivity contribution in [2.75, 3.05) is 0 Å². The van der Waals surface area contributed by atoms with Gasteiger partial charge in [-0.15, -0.1) is 0 Å². The maximum absolute atomic E-state index is 13.3. The second kappa shape index (κ2) is 5.41. The molecule has 11 heteroatoms. The maximum atomic E-state index is 13.3. The summed E-state index contributed by atoms with van der Waals surface area (Å²) in [5.74, 6) is -26.9. The number of rotatable bonds is 4. The summed E-state index contributed by atoms with van der Waals surface area (Å²) in [6.45, 7) is 0. The number of hydrogen-bond acceptors (Lipinski definition) is 2. The second-order valence-electron chi connectivity index (χ2n) is 4.85. The molecule has 2 nitrogen and oxygen atoms in total. The molecular weight excluding hydrogens is 335 g/mol. The van der Waals surface area contributed by atoms with E-state index in [1.165, 1.54) is 0 Å². The Hall–Kier alpha value is -1.29. The summed E-state index contributed by atoms with van der Waals surface area (Å²) in [5, 5.41) is 0. The van der Waals surface area contributed by atoms with Crippen molar-refractivity contribution in [1.29, 1.82) is 0 Å². The highest BCUT2D eigenvalue weighted by atomic mass is 19.4. The van der Waals surface area contributed by atoms with E-state index < -0.39 is 54.3 Å². The molecule has 0 radical (unpaired) electrons. The monoisotopic (exact) mass is 344 g/mol. The van der Waals surface area contributed by atoms with Gasteiger partial charge < -0.3 is 0 Å². The quantitative estimate of drug-likeness (QED) is 0.575. The van der Waals surface area contributed by atoms with E-state index in [-0.39, 0.29) is 12.8 Å². The van der Waals surface area contributed by atoms with Gasteiger partial charge in [0.1, 0.15) is 5.78 Å². The zero-order valence-electron chi connectivity index (χ0n) is 10.6. The van der Waals surface area contributed by atoms with Crippen molar-refractivity contribution in [2.24, 2.45) is 5.92 Å². The van der Waals surface area contributed by atoms with Crippen molar-refractivity contribution >= 4 is 11.6 Å². The van der Waals surface area contributed by atoms with Gasteiger partial charge in [-0.05, 0) is 12.8 Å². The highest BCUT2D eigenvalue weighted by Gasteiger charge is 2.83. The second-order valence-corrected chi connectivity index (χ2v) is 4.85. The van der Waals surface area contributed by atoms with E-state index >= 15 is 0 Å². The van der Waals surface area contributed by atoms with Gasteiger partial charge >= 0.3 is 23.9 Å². The van der Waals surface area contributed by atoms with Crippen LogP contribution in [0.15, 0.2) is 0 Å². The van der Waals surface area contributed by atoms with E-state index in [2.05, 4.69) is 0 Å². The van der Waals surface area contributed by atoms with Gasteiger partial charge in [-0.1, -0.05) is 6.42 Å². The number of carbonyl (C=O) groups is 2. The molecule has 22 heavy (non-hydrogen) atoms. The van der Waals surface area contributed by atoms with Crippen molar-refractivity contribution in [1.82, 2.24) is 0 Å². The van der Waals surface area contributed by atoms with Gasteiger partial charge in [-0.25, -0.2) is 0 Å². The SMILES string of the molecule is O=C1CCCCC1C(=O)C(F)(F)C(F)(F)C(F)(F)C(F)(F)F. The van der Waals surface area contributed by atoms with Crippen LogP contribution < -0.4 is 0 Å². The fraction of sp³-hybridized carbons (Fsp3) is 0.818. The molecule has 0 N–H and O–H groups in total. The Morgan fingerprint density at radius 1 is 0.864 bits per heavy atom. The van der Waals surface area contributed by atoms with Crippen LogP contribution in [0.25, 0.3) is 0 Å². The van der Waals surface area contributed by atoms with Crippen molar-refractivity contribution in [3.8, 4) is 0 Å².